The van der Waals surface area contributed by atoms with Crippen LogP contribution in [0.4, 0.5) is 14.5 Å². The van der Waals surface area contributed by atoms with Crippen molar-refractivity contribution in [2.75, 3.05) is 5.32 Å². The van der Waals surface area contributed by atoms with Crippen molar-refractivity contribution in [1.29, 1.82) is 0 Å². The first-order valence-electron chi connectivity index (χ1n) is 10.3. The minimum Gasteiger partial charge on any atom is -0.433 e. The van der Waals surface area contributed by atoms with Gasteiger partial charge in [0.05, 0.1) is 22.5 Å². The third-order valence-corrected chi connectivity index (χ3v) is 5.38. The zero-order valence-electron chi connectivity index (χ0n) is 17.3. The minimum atomic E-state index is -3.00. The van der Waals surface area contributed by atoms with Crippen molar-refractivity contribution < 1.29 is 18.3 Å². The van der Waals surface area contributed by atoms with E-state index in [-0.39, 0.29) is 11.4 Å². The molecule has 0 aliphatic rings. The largest absolute Gasteiger partial charge is 0.433 e. The number of para-hydroxylation sites is 3. The first-order chi connectivity index (χ1) is 16.1. The second-order valence-electron chi connectivity index (χ2n) is 7.43. The summed E-state index contributed by atoms with van der Waals surface area (Å²) < 4.78 is 30.1. The molecule has 0 atom stereocenters. The van der Waals surface area contributed by atoms with Gasteiger partial charge >= 0.3 is 6.61 Å². The zero-order chi connectivity index (χ0) is 22.8. The fraction of sp³-hybridized carbons (Fsp3) is 0.0370. The van der Waals surface area contributed by atoms with Crippen molar-refractivity contribution in [3.05, 3.63) is 103 Å². The third kappa shape index (κ3) is 4.11. The maximum atomic E-state index is 13.3. The monoisotopic (exact) mass is 440 g/mol. The highest BCUT2D eigenvalue weighted by Crippen LogP contribution is 2.32. The molecule has 162 valence electrons. The van der Waals surface area contributed by atoms with Crippen molar-refractivity contribution in [3.8, 4) is 17.0 Å². The molecule has 0 spiro atoms. The number of nitrogens with one attached hydrogen (secondary N) is 1. The standard InChI is InChI=1S/C27H18F2N2O2/c28-27(29)33-25-15-6-5-14-23(25)31-26(32)21-16-24(30-22-13-4-3-11-20(21)22)19-12-7-9-17-8-1-2-10-18(17)19/h1-16,27H,(H,31,32). The molecule has 0 aliphatic carbocycles. The van der Waals surface area contributed by atoms with Crippen LogP contribution in [-0.4, -0.2) is 17.5 Å². The van der Waals surface area contributed by atoms with Crippen LogP contribution in [-0.2, 0) is 0 Å². The minimum absolute atomic E-state index is 0.103. The second-order valence-corrected chi connectivity index (χ2v) is 7.43. The number of fused-ring (bicyclic) bond motifs is 2. The molecule has 0 saturated heterocycles. The van der Waals surface area contributed by atoms with E-state index in [0.29, 0.717) is 22.2 Å². The number of halogens is 2. The Morgan fingerprint density at radius 3 is 2.36 bits per heavy atom. The van der Waals surface area contributed by atoms with Crippen molar-refractivity contribution in [2.45, 2.75) is 6.61 Å². The summed E-state index contributed by atoms with van der Waals surface area (Å²) in [6.07, 6.45) is 0. The van der Waals surface area contributed by atoms with Crippen LogP contribution in [0.3, 0.4) is 0 Å². The van der Waals surface area contributed by atoms with E-state index < -0.39 is 12.5 Å². The van der Waals surface area contributed by atoms with Crippen molar-refractivity contribution in [2.24, 2.45) is 0 Å². The number of carbonyl (C=O) groups is 1. The fourth-order valence-electron chi connectivity index (χ4n) is 3.91. The number of hydrogen-bond acceptors (Lipinski definition) is 3. The molecular weight excluding hydrogens is 422 g/mol. The summed E-state index contributed by atoms with van der Waals surface area (Å²) in [5, 5.41) is 5.46. The normalized spacial score (nSPS) is 11.1. The molecule has 4 aromatic carbocycles. The molecule has 1 heterocycles. The van der Waals surface area contributed by atoms with Crippen molar-refractivity contribution >= 4 is 33.3 Å². The van der Waals surface area contributed by atoms with Crippen LogP contribution in [0.1, 0.15) is 10.4 Å². The molecule has 5 rings (SSSR count). The van der Waals surface area contributed by atoms with Crippen LogP contribution in [0.5, 0.6) is 5.75 Å². The van der Waals surface area contributed by atoms with Gasteiger partial charge in [0, 0.05) is 10.9 Å². The number of hydrogen-bond donors (Lipinski definition) is 1. The van der Waals surface area contributed by atoms with Gasteiger partial charge < -0.3 is 10.1 Å². The highest BCUT2D eigenvalue weighted by atomic mass is 19.3. The van der Waals surface area contributed by atoms with Gasteiger partial charge in [-0.3, -0.25) is 4.79 Å². The van der Waals surface area contributed by atoms with E-state index in [1.165, 1.54) is 12.1 Å². The molecule has 1 amide bonds. The number of ether oxygens (including phenoxy) is 1. The van der Waals surface area contributed by atoms with Gasteiger partial charge in [0.1, 0.15) is 5.75 Å². The summed E-state index contributed by atoms with van der Waals surface area (Å²) in [4.78, 5) is 18.1. The van der Waals surface area contributed by atoms with Crippen LogP contribution in [0, 0.1) is 0 Å². The Bertz CT molecular complexity index is 1480. The summed E-state index contributed by atoms with van der Waals surface area (Å²) in [7, 11) is 0. The summed E-state index contributed by atoms with van der Waals surface area (Å²) >= 11 is 0. The number of pyridine rings is 1. The van der Waals surface area contributed by atoms with E-state index in [4.69, 9.17) is 4.98 Å². The van der Waals surface area contributed by atoms with Gasteiger partial charge in [-0.25, -0.2) is 4.98 Å². The van der Waals surface area contributed by atoms with Gasteiger partial charge in [0.15, 0.2) is 0 Å². The second kappa shape index (κ2) is 8.67. The Balaban J connectivity index is 1.62. The lowest BCUT2D eigenvalue weighted by Gasteiger charge is -2.14. The highest BCUT2D eigenvalue weighted by molar-refractivity contribution is 6.14. The van der Waals surface area contributed by atoms with Crippen LogP contribution < -0.4 is 10.1 Å². The maximum absolute atomic E-state index is 13.3. The van der Waals surface area contributed by atoms with Crippen LogP contribution >= 0.6 is 0 Å². The molecule has 0 saturated carbocycles. The average Bonchev–Trinajstić information content (AvgIpc) is 2.84. The van der Waals surface area contributed by atoms with E-state index in [9.17, 15) is 13.6 Å². The number of alkyl halides is 2. The van der Waals surface area contributed by atoms with E-state index in [1.54, 1.807) is 18.2 Å². The van der Waals surface area contributed by atoms with Gasteiger partial charge in [-0.15, -0.1) is 0 Å². The van der Waals surface area contributed by atoms with Crippen molar-refractivity contribution in [1.82, 2.24) is 4.98 Å². The molecule has 0 aliphatic heterocycles. The topological polar surface area (TPSA) is 51.2 Å². The Morgan fingerprint density at radius 1 is 0.818 bits per heavy atom. The summed E-state index contributed by atoms with van der Waals surface area (Å²) in [5.41, 5.74) is 2.75. The molecule has 0 radical (unpaired) electrons. The van der Waals surface area contributed by atoms with E-state index >= 15 is 0 Å². The Labute approximate surface area is 188 Å². The average molecular weight is 440 g/mol. The third-order valence-electron chi connectivity index (χ3n) is 5.38. The molecule has 4 nitrogen and oxygen atoms in total. The highest BCUT2D eigenvalue weighted by Gasteiger charge is 2.17. The van der Waals surface area contributed by atoms with Crippen molar-refractivity contribution in [3.63, 3.8) is 0 Å². The molecular formula is C27H18F2N2O2. The number of carbonyl (C=O) groups excluding carboxylic acids is 1. The Morgan fingerprint density at radius 2 is 1.52 bits per heavy atom. The SMILES string of the molecule is O=C(Nc1ccccc1OC(F)F)c1cc(-c2cccc3ccccc23)nc2ccccc12. The van der Waals surface area contributed by atoms with Crippen LogP contribution in [0.2, 0.25) is 0 Å². The number of amides is 1. The summed E-state index contributed by atoms with van der Waals surface area (Å²) in [5.74, 6) is -0.547. The molecule has 5 aromatic rings. The van der Waals surface area contributed by atoms with Gasteiger partial charge in [-0.05, 0) is 35.0 Å². The van der Waals surface area contributed by atoms with Gasteiger partial charge in [-0.1, -0.05) is 72.8 Å². The molecule has 1 aromatic heterocycles. The van der Waals surface area contributed by atoms with E-state index in [0.717, 1.165) is 16.3 Å². The first-order valence-corrected chi connectivity index (χ1v) is 10.3. The number of aromatic nitrogens is 1. The Kier molecular flexibility index (Phi) is 5.40. The van der Waals surface area contributed by atoms with E-state index in [1.807, 2.05) is 66.7 Å². The molecule has 0 unspecified atom stereocenters. The van der Waals surface area contributed by atoms with Crippen LogP contribution in [0.25, 0.3) is 32.9 Å². The quantitative estimate of drug-likeness (QED) is 0.323. The molecule has 0 bridgehead atoms. The molecule has 0 fully saturated rings. The number of anilines is 1. The number of nitrogens with zero attached hydrogens (tertiary/aromatic N) is 1. The fourth-order valence-corrected chi connectivity index (χ4v) is 3.91. The molecule has 6 heteroatoms. The summed E-state index contributed by atoms with van der Waals surface area (Å²) in [6, 6.07) is 29.1. The maximum Gasteiger partial charge on any atom is 0.387 e. The lowest BCUT2D eigenvalue weighted by atomic mass is 9.99. The van der Waals surface area contributed by atoms with Crippen LogP contribution in [0.15, 0.2) is 97.1 Å². The predicted molar refractivity (Wildman–Crippen MR) is 126 cm³/mol. The predicted octanol–water partition coefficient (Wildman–Crippen LogP) is 6.91. The number of rotatable bonds is 5. The first kappa shape index (κ1) is 20.6. The molecule has 1 N–H and O–H groups in total. The zero-order valence-corrected chi connectivity index (χ0v) is 17.3. The van der Waals surface area contributed by atoms with Gasteiger partial charge in [0.25, 0.3) is 5.91 Å². The molecule has 33 heavy (non-hydrogen) atoms. The lowest BCUT2D eigenvalue weighted by Crippen LogP contribution is -2.15. The summed E-state index contributed by atoms with van der Waals surface area (Å²) in [6.45, 7) is -3.00. The lowest BCUT2D eigenvalue weighted by molar-refractivity contribution is -0.0493. The number of benzene rings is 4. The smallest absolute Gasteiger partial charge is 0.387 e. The van der Waals surface area contributed by atoms with Gasteiger partial charge in [-0.2, -0.15) is 8.78 Å². The van der Waals surface area contributed by atoms with Gasteiger partial charge in [0.2, 0.25) is 0 Å². The Hall–Kier alpha value is -4.32. The van der Waals surface area contributed by atoms with E-state index in [2.05, 4.69) is 10.1 Å².